The number of aromatic nitrogens is 1. The standard InChI is InChI=1S/C24H26N4O/c1-18(19-7-3-2-4-8-19)26-24(29)23-14-11-21(17-25-23)27-20-9-12-22(13-10-20)28-15-5-6-16-28/h2-4,7-14,17-18,27H,5-6,15-16H2,1H3,(H,26,29). The summed E-state index contributed by atoms with van der Waals surface area (Å²) in [7, 11) is 0. The van der Waals surface area contributed by atoms with Crippen LogP contribution in [0.15, 0.2) is 72.9 Å². The van der Waals surface area contributed by atoms with Crippen LogP contribution in [0.25, 0.3) is 0 Å². The predicted octanol–water partition coefficient (Wildman–Crippen LogP) is 4.92. The molecule has 2 heterocycles. The molecule has 148 valence electrons. The van der Waals surface area contributed by atoms with Crippen molar-refractivity contribution in [1.29, 1.82) is 0 Å². The van der Waals surface area contributed by atoms with Gasteiger partial charge in [-0.15, -0.1) is 0 Å². The number of rotatable bonds is 6. The summed E-state index contributed by atoms with van der Waals surface area (Å²) in [6.07, 6.45) is 4.24. The highest BCUT2D eigenvalue weighted by molar-refractivity contribution is 5.92. The average molecular weight is 386 g/mol. The first-order valence-corrected chi connectivity index (χ1v) is 10.1. The number of carbonyl (C=O) groups excluding carboxylic acids is 1. The maximum atomic E-state index is 12.5. The zero-order valence-corrected chi connectivity index (χ0v) is 16.6. The third-order valence-corrected chi connectivity index (χ3v) is 5.27. The summed E-state index contributed by atoms with van der Waals surface area (Å²) >= 11 is 0. The fraction of sp³-hybridized carbons (Fsp3) is 0.250. The minimum absolute atomic E-state index is 0.0718. The van der Waals surface area contributed by atoms with Gasteiger partial charge in [0.1, 0.15) is 5.69 Å². The summed E-state index contributed by atoms with van der Waals surface area (Å²) in [6, 6.07) is 21.9. The second kappa shape index (κ2) is 8.78. The summed E-state index contributed by atoms with van der Waals surface area (Å²) in [6.45, 7) is 4.25. The van der Waals surface area contributed by atoms with Gasteiger partial charge in [0, 0.05) is 24.5 Å². The van der Waals surface area contributed by atoms with Crippen molar-refractivity contribution >= 4 is 23.0 Å². The second-order valence-corrected chi connectivity index (χ2v) is 7.40. The van der Waals surface area contributed by atoms with Crippen molar-refractivity contribution in [1.82, 2.24) is 10.3 Å². The monoisotopic (exact) mass is 386 g/mol. The van der Waals surface area contributed by atoms with Gasteiger partial charge in [-0.2, -0.15) is 0 Å². The number of nitrogens with one attached hydrogen (secondary N) is 2. The molecular formula is C24H26N4O. The van der Waals surface area contributed by atoms with E-state index in [1.807, 2.05) is 43.3 Å². The Kier molecular flexibility index (Phi) is 5.75. The van der Waals surface area contributed by atoms with Crippen molar-refractivity contribution in [3.63, 3.8) is 0 Å². The first-order valence-electron chi connectivity index (χ1n) is 10.1. The van der Waals surface area contributed by atoms with Crippen molar-refractivity contribution in [2.45, 2.75) is 25.8 Å². The second-order valence-electron chi connectivity index (χ2n) is 7.40. The van der Waals surface area contributed by atoms with Crippen LogP contribution in [-0.2, 0) is 0 Å². The van der Waals surface area contributed by atoms with Crippen LogP contribution in [0.5, 0.6) is 0 Å². The van der Waals surface area contributed by atoms with Crippen molar-refractivity contribution in [3.05, 3.63) is 84.2 Å². The van der Waals surface area contributed by atoms with Gasteiger partial charge >= 0.3 is 0 Å². The van der Waals surface area contributed by atoms with Crippen LogP contribution in [0.4, 0.5) is 17.1 Å². The molecule has 1 unspecified atom stereocenters. The largest absolute Gasteiger partial charge is 0.372 e. The molecule has 0 bridgehead atoms. The van der Waals surface area contributed by atoms with Crippen LogP contribution in [0.3, 0.4) is 0 Å². The molecule has 1 saturated heterocycles. The highest BCUT2D eigenvalue weighted by atomic mass is 16.1. The van der Waals surface area contributed by atoms with Crippen molar-refractivity contribution in [2.75, 3.05) is 23.3 Å². The molecule has 2 aromatic carbocycles. The molecular weight excluding hydrogens is 360 g/mol. The third kappa shape index (κ3) is 4.74. The molecule has 1 aliphatic heterocycles. The van der Waals surface area contributed by atoms with Gasteiger partial charge in [0.05, 0.1) is 17.9 Å². The van der Waals surface area contributed by atoms with E-state index in [1.165, 1.54) is 18.5 Å². The molecule has 1 amide bonds. The minimum Gasteiger partial charge on any atom is -0.372 e. The molecule has 5 heteroatoms. The maximum absolute atomic E-state index is 12.5. The summed E-state index contributed by atoms with van der Waals surface area (Å²) in [4.78, 5) is 19.2. The lowest BCUT2D eigenvalue weighted by molar-refractivity contribution is 0.0935. The Labute approximate surface area is 171 Å². The van der Waals surface area contributed by atoms with Crippen molar-refractivity contribution in [3.8, 4) is 0 Å². The Hall–Kier alpha value is -3.34. The van der Waals surface area contributed by atoms with Crippen molar-refractivity contribution < 1.29 is 4.79 Å². The molecule has 4 rings (SSSR count). The Morgan fingerprint density at radius 2 is 1.62 bits per heavy atom. The smallest absolute Gasteiger partial charge is 0.270 e. The molecule has 1 aromatic heterocycles. The molecule has 0 spiro atoms. The lowest BCUT2D eigenvalue weighted by atomic mass is 10.1. The summed E-state index contributed by atoms with van der Waals surface area (Å²) in [5.74, 6) is -0.178. The Bertz CT molecular complexity index is 933. The highest BCUT2D eigenvalue weighted by Gasteiger charge is 2.13. The van der Waals surface area contributed by atoms with Gasteiger partial charge in [-0.25, -0.2) is 4.98 Å². The molecule has 0 aliphatic carbocycles. The van der Waals surface area contributed by atoms with Crippen LogP contribution in [0, 0.1) is 0 Å². The minimum atomic E-state index is -0.178. The highest BCUT2D eigenvalue weighted by Crippen LogP contribution is 2.24. The summed E-state index contributed by atoms with van der Waals surface area (Å²) < 4.78 is 0. The molecule has 29 heavy (non-hydrogen) atoms. The van der Waals surface area contributed by atoms with Gasteiger partial charge in [0.15, 0.2) is 0 Å². The van der Waals surface area contributed by atoms with Gasteiger partial charge in [-0.05, 0) is 61.7 Å². The zero-order valence-electron chi connectivity index (χ0n) is 16.6. The molecule has 1 fully saturated rings. The normalized spacial score (nSPS) is 14.4. The van der Waals surface area contributed by atoms with E-state index in [2.05, 4.69) is 44.8 Å². The van der Waals surface area contributed by atoms with E-state index < -0.39 is 0 Å². The van der Waals surface area contributed by atoms with Crippen LogP contribution >= 0.6 is 0 Å². The van der Waals surface area contributed by atoms with E-state index in [1.54, 1.807) is 12.3 Å². The first-order chi connectivity index (χ1) is 14.2. The number of hydrogen-bond donors (Lipinski definition) is 2. The summed E-state index contributed by atoms with van der Waals surface area (Å²) in [5.41, 5.74) is 4.60. The SMILES string of the molecule is CC(NC(=O)c1ccc(Nc2ccc(N3CCCC3)cc2)cn1)c1ccccc1. The van der Waals surface area contributed by atoms with Crippen LogP contribution in [0.2, 0.25) is 0 Å². The Morgan fingerprint density at radius 1 is 0.931 bits per heavy atom. The van der Waals surface area contributed by atoms with Gasteiger partial charge in [-0.3, -0.25) is 4.79 Å². The van der Waals surface area contributed by atoms with E-state index in [9.17, 15) is 4.79 Å². The molecule has 2 N–H and O–H groups in total. The van der Waals surface area contributed by atoms with E-state index in [-0.39, 0.29) is 11.9 Å². The summed E-state index contributed by atoms with van der Waals surface area (Å²) in [5, 5.41) is 6.33. The van der Waals surface area contributed by atoms with Crippen LogP contribution < -0.4 is 15.5 Å². The number of carbonyl (C=O) groups is 1. The number of pyridine rings is 1. The van der Waals surface area contributed by atoms with Gasteiger partial charge in [-0.1, -0.05) is 30.3 Å². The number of benzene rings is 2. The first kappa shape index (κ1) is 19.0. The van der Waals surface area contributed by atoms with E-state index >= 15 is 0 Å². The topological polar surface area (TPSA) is 57.3 Å². The van der Waals surface area contributed by atoms with Crippen molar-refractivity contribution in [2.24, 2.45) is 0 Å². The number of hydrogen-bond acceptors (Lipinski definition) is 4. The molecule has 0 saturated carbocycles. The van der Waals surface area contributed by atoms with Gasteiger partial charge in [0.2, 0.25) is 0 Å². The van der Waals surface area contributed by atoms with E-state index in [0.717, 1.165) is 30.0 Å². The lowest BCUT2D eigenvalue weighted by Gasteiger charge is -2.18. The van der Waals surface area contributed by atoms with Crippen LogP contribution in [-0.4, -0.2) is 24.0 Å². The fourth-order valence-electron chi connectivity index (χ4n) is 3.60. The number of anilines is 3. The molecule has 1 atom stereocenters. The number of nitrogens with zero attached hydrogens (tertiary/aromatic N) is 2. The molecule has 3 aromatic rings. The lowest BCUT2D eigenvalue weighted by Crippen LogP contribution is -2.27. The van der Waals surface area contributed by atoms with Gasteiger partial charge < -0.3 is 15.5 Å². The predicted molar refractivity (Wildman–Crippen MR) is 118 cm³/mol. The average Bonchev–Trinajstić information content (AvgIpc) is 3.30. The molecule has 1 aliphatic rings. The quantitative estimate of drug-likeness (QED) is 0.632. The Morgan fingerprint density at radius 3 is 2.28 bits per heavy atom. The van der Waals surface area contributed by atoms with Crippen LogP contribution in [0.1, 0.15) is 41.9 Å². The molecule has 5 nitrogen and oxygen atoms in total. The number of amides is 1. The van der Waals surface area contributed by atoms with E-state index in [4.69, 9.17) is 0 Å². The maximum Gasteiger partial charge on any atom is 0.270 e. The Balaban J connectivity index is 1.35. The fourth-order valence-corrected chi connectivity index (χ4v) is 3.60. The third-order valence-electron chi connectivity index (χ3n) is 5.27. The van der Waals surface area contributed by atoms with E-state index in [0.29, 0.717) is 5.69 Å². The van der Waals surface area contributed by atoms with Gasteiger partial charge in [0.25, 0.3) is 5.91 Å². The zero-order chi connectivity index (χ0) is 20.1. The molecule has 0 radical (unpaired) electrons.